The van der Waals surface area contributed by atoms with Crippen LogP contribution in [-0.4, -0.2) is 11.7 Å². The van der Waals surface area contributed by atoms with Crippen molar-refractivity contribution in [3.8, 4) is 0 Å². The summed E-state index contributed by atoms with van der Waals surface area (Å²) in [6, 6.07) is 10.1. The molecular formula is C15H10BrClF3NOS. The average Bonchev–Trinajstić information content (AvgIpc) is 2.48. The molecule has 0 radical (unpaired) electrons. The zero-order chi connectivity index (χ0) is 17.0. The number of hydrogen-bond acceptors (Lipinski definition) is 2. The minimum absolute atomic E-state index is 0.0529. The van der Waals surface area contributed by atoms with Gasteiger partial charge in [0.2, 0.25) is 5.91 Å². The molecule has 2 nitrogen and oxygen atoms in total. The van der Waals surface area contributed by atoms with Gasteiger partial charge in [-0.15, -0.1) is 11.8 Å². The molecule has 0 aliphatic rings. The van der Waals surface area contributed by atoms with Crippen LogP contribution in [0.25, 0.3) is 0 Å². The summed E-state index contributed by atoms with van der Waals surface area (Å²) in [6.45, 7) is 0. The van der Waals surface area contributed by atoms with Gasteiger partial charge < -0.3 is 5.32 Å². The smallest absolute Gasteiger partial charge is 0.324 e. The van der Waals surface area contributed by atoms with Gasteiger partial charge in [0.05, 0.1) is 22.0 Å². The first-order valence-corrected chi connectivity index (χ1v) is 8.46. The van der Waals surface area contributed by atoms with Crippen LogP contribution in [0.5, 0.6) is 0 Å². The van der Waals surface area contributed by atoms with Gasteiger partial charge in [0, 0.05) is 9.37 Å². The van der Waals surface area contributed by atoms with Crippen LogP contribution in [-0.2, 0) is 11.0 Å². The van der Waals surface area contributed by atoms with E-state index < -0.39 is 17.6 Å². The fourth-order valence-electron chi connectivity index (χ4n) is 1.66. The number of carbonyl (C=O) groups excluding carboxylic acids is 1. The highest BCUT2D eigenvalue weighted by Crippen LogP contribution is 2.34. The van der Waals surface area contributed by atoms with Gasteiger partial charge in [0.15, 0.2) is 0 Å². The maximum absolute atomic E-state index is 12.7. The minimum Gasteiger partial charge on any atom is -0.324 e. The van der Waals surface area contributed by atoms with Crippen molar-refractivity contribution in [2.45, 2.75) is 11.1 Å². The first-order valence-electron chi connectivity index (χ1n) is 6.30. The van der Waals surface area contributed by atoms with Gasteiger partial charge in [0.25, 0.3) is 0 Å². The second-order valence-corrected chi connectivity index (χ2v) is 6.85. The van der Waals surface area contributed by atoms with Crippen LogP contribution in [0.1, 0.15) is 5.56 Å². The first kappa shape index (κ1) is 18.2. The lowest BCUT2D eigenvalue weighted by molar-refractivity contribution is -0.137. The first-order chi connectivity index (χ1) is 10.8. The van der Waals surface area contributed by atoms with E-state index in [1.54, 1.807) is 0 Å². The van der Waals surface area contributed by atoms with Crippen LogP contribution in [0.15, 0.2) is 51.8 Å². The molecular weight excluding hydrogens is 415 g/mol. The Morgan fingerprint density at radius 2 is 1.83 bits per heavy atom. The number of anilines is 1. The van der Waals surface area contributed by atoms with Gasteiger partial charge in [-0.25, -0.2) is 0 Å². The van der Waals surface area contributed by atoms with Crippen LogP contribution in [0.3, 0.4) is 0 Å². The summed E-state index contributed by atoms with van der Waals surface area (Å²) >= 11 is 10.4. The number of amides is 1. The summed E-state index contributed by atoms with van der Waals surface area (Å²) in [5, 5.41) is 2.46. The highest BCUT2D eigenvalue weighted by atomic mass is 79.9. The topological polar surface area (TPSA) is 29.1 Å². The minimum atomic E-state index is -4.49. The van der Waals surface area contributed by atoms with Crippen LogP contribution in [0.2, 0.25) is 5.02 Å². The van der Waals surface area contributed by atoms with E-state index in [0.717, 1.165) is 27.6 Å². The fourth-order valence-corrected chi connectivity index (χ4v) is 2.79. The van der Waals surface area contributed by atoms with Crippen molar-refractivity contribution in [3.05, 3.63) is 57.5 Å². The molecule has 0 aliphatic heterocycles. The molecule has 0 aromatic heterocycles. The normalized spacial score (nSPS) is 11.3. The number of alkyl halides is 3. The molecule has 0 spiro atoms. The predicted octanol–water partition coefficient (Wildman–Crippen LogP) is 5.85. The quantitative estimate of drug-likeness (QED) is 0.624. The van der Waals surface area contributed by atoms with Crippen LogP contribution < -0.4 is 5.32 Å². The van der Waals surface area contributed by atoms with E-state index in [2.05, 4.69) is 21.2 Å². The van der Waals surface area contributed by atoms with Gasteiger partial charge in [-0.1, -0.05) is 27.5 Å². The van der Waals surface area contributed by atoms with Crippen molar-refractivity contribution in [2.24, 2.45) is 0 Å². The molecule has 0 saturated heterocycles. The van der Waals surface area contributed by atoms with Gasteiger partial charge in [0.1, 0.15) is 0 Å². The van der Waals surface area contributed by atoms with E-state index >= 15 is 0 Å². The van der Waals surface area contributed by atoms with Crippen molar-refractivity contribution in [3.63, 3.8) is 0 Å². The molecule has 1 N–H and O–H groups in total. The summed E-state index contributed by atoms with van der Waals surface area (Å²) < 4.78 is 38.9. The Morgan fingerprint density at radius 1 is 1.17 bits per heavy atom. The number of nitrogens with one attached hydrogen (secondary N) is 1. The molecule has 0 atom stereocenters. The fraction of sp³-hybridized carbons (Fsp3) is 0.133. The highest BCUT2D eigenvalue weighted by Gasteiger charge is 2.31. The number of thioether (sulfide) groups is 1. The third kappa shape index (κ3) is 5.44. The molecule has 2 rings (SSSR count). The Hall–Kier alpha value is -1.18. The largest absolute Gasteiger partial charge is 0.416 e. The lowest BCUT2D eigenvalue weighted by Gasteiger charge is -2.11. The molecule has 122 valence electrons. The summed E-state index contributed by atoms with van der Waals surface area (Å²) in [7, 11) is 0. The lowest BCUT2D eigenvalue weighted by atomic mass is 10.2. The van der Waals surface area contributed by atoms with Gasteiger partial charge in [-0.3, -0.25) is 4.79 Å². The van der Waals surface area contributed by atoms with E-state index in [-0.39, 0.29) is 16.5 Å². The molecule has 1 amide bonds. The van der Waals surface area contributed by atoms with Crippen molar-refractivity contribution >= 4 is 50.9 Å². The number of benzene rings is 2. The monoisotopic (exact) mass is 423 g/mol. The number of hydrogen-bond donors (Lipinski definition) is 1. The Kier molecular flexibility index (Phi) is 6.00. The van der Waals surface area contributed by atoms with Crippen molar-refractivity contribution in [2.75, 3.05) is 11.1 Å². The van der Waals surface area contributed by atoms with Crippen molar-refractivity contribution in [1.82, 2.24) is 0 Å². The molecule has 0 heterocycles. The Balaban J connectivity index is 2.01. The van der Waals surface area contributed by atoms with Gasteiger partial charge in [-0.05, 0) is 42.5 Å². The number of halogens is 5. The third-order valence-electron chi connectivity index (χ3n) is 2.75. The third-order valence-corrected chi connectivity index (χ3v) is 4.62. The van der Waals surface area contributed by atoms with Crippen LogP contribution in [0, 0.1) is 0 Å². The molecule has 0 aliphatic carbocycles. The molecule has 2 aromatic rings. The molecule has 0 saturated carbocycles. The molecule has 23 heavy (non-hydrogen) atoms. The lowest BCUT2D eigenvalue weighted by Crippen LogP contribution is -2.15. The van der Waals surface area contributed by atoms with E-state index in [1.165, 1.54) is 11.8 Å². The van der Waals surface area contributed by atoms with Crippen LogP contribution >= 0.6 is 39.3 Å². The van der Waals surface area contributed by atoms with E-state index in [1.807, 2.05) is 24.3 Å². The maximum atomic E-state index is 12.7. The zero-order valence-electron chi connectivity index (χ0n) is 11.5. The van der Waals surface area contributed by atoms with Crippen molar-refractivity contribution in [1.29, 1.82) is 0 Å². The Bertz CT molecular complexity index is 707. The zero-order valence-corrected chi connectivity index (χ0v) is 14.6. The highest BCUT2D eigenvalue weighted by molar-refractivity contribution is 9.10. The van der Waals surface area contributed by atoms with Crippen LogP contribution in [0.4, 0.5) is 18.9 Å². The standard InChI is InChI=1S/C15H10BrClF3NOS/c16-10-2-4-11(5-3-10)23-8-14(22)21-13-7-9(15(18,19)20)1-6-12(13)17/h1-7H,8H2,(H,21,22). The summed E-state index contributed by atoms with van der Waals surface area (Å²) in [5.74, 6) is -0.368. The summed E-state index contributed by atoms with van der Waals surface area (Å²) in [6.07, 6.45) is -4.49. The molecule has 0 fully saturated rings. The van der Waals surface area contributed by atoms with Crippen molar-refractivity contribution < 1.29 is 18.0 Å². The maximum Gasteiger partial charge on any atom is 0.416 e. The SMILES string of the molecule is O=C(CSc1ccc(Br)cc1)Nc1cc(C(F)(F)F)ccc1Cl. The van der Waals surface area contributed by atoms with E-state index in [9.17, 15) is 18.0 Å². The Labute approximate surface area is 148 Å². The number of rotatable bonds is 4. The molecule has 0 bridgehead atoms. The van der Waals surface area contributed by atoms with Gasteiger partial charge >= 0.3 is 6.18 Å². The predicted molar refractivity (Wildman–Crippen MR) is 89.9 cm³/mol. The van der Waals surface area contributed by atoms with E-state index in [4.69, 9.17) is 11.6 Å². The Morgan fingerprint density at radius 3 is 2.43 bits per heavy atom. The second-order valence-electron chi connectivity index (χ2n) is 4.48. The van der Waals surface area contributed by atoms with E-state index in [0.29, 0.717) is 0 Å². The molecule has 8 heteroatoms. The average molecular weight is 425 g/mol. The summed E-state index contributed by atoms with van der Waals surface area (Å²) in [4.78, 5) is 12.8. The molecule has 2 aromatic carbocycles. The second kappa shape index (κ2) is 7.59. The number of carbonyl (C=O) groups is 1. The summed E-state index contributed by atoms with van der Waals surface area (Å²) in [5.41, 5.74) is -0.916. The molecule has 0 unspecified atom stereocenters. The van der Waals surface area contributed by atoms with Gasteiger partial charge in [-0.2, -0.15) is 13.2 Å².